The molecule has 3 aromatic rings. The largest absolute Gasteiger partial charge is 0.456 e. The third-order valence-corrected chi connectivity index (χ3v) is 13.6. The molecule has 0 spiro atoms. The van der Waals surface area contributed by atoms with Gasteiger partial charge in [0.25, 0.3) is 5.91 Å². The number of carbonyl (C=O) groups is 6. The van der Waals surface area contributed by atoms with Gasteiger partial charge in [-0.05, 0) is 60.4 Å². The third kappa shape index (κ3) is 7.95. The minimum atomic E-state index is -2.46. The SMILES string of the molecule is [3H]c1cc(C(=O)N[C@@H](c2ccccc2)[C@@H](O)C(=O)O[C@H]2C[C@@]3(O)[C@@H](OC(=O)c4ccccc4)[C@@H]4[C@]5(OC(C)=O)CO[C@@H]5C[C@H](O)[C@@]4(C)C(=O)[C@H](OC(C)=O)C(=C2C)C3(C)C)cc([3H])c1N=[N+]=[N-]. The molecule has 2 bridgehead atoms. The molecule has 342 valence electrons. The van der Waals surface area contributed by atoms with Crippen LogP contribution in [0.3, 0.4) is 0 Å². The van der Waals surface area contributed by atoms with Crippen molar-refractivity contribution in [3.8, 4) is 0 Å². The summed E-state index contributed by atoms with van der Waals surface area (Å²) in [5.41, 5.74) is 0.457. The van der Waals surface area contributed by atoms with Gasteiger partial charge in [-0.3, -0.25) is 19.2 Å². The van der Waals surface area contributed by atoms with E-state index in [1.165, 1.54) is 52.0 Å². The Bertz CT molecular complexity index is 2580. The topological polar surface area (TPSA) is 270 Å². The van der Waals surface area contributed by atoms with Gasteiger partial charge in [0.1, 0.15) is 23.9 Å². The summed E-state index contributed by atoms with van der Waals surface area (Å²) in [4.78, 5) is 86.7. The molecule has 1 heterocycles. The number of nitrogens with one attached hydrogen (secondary N) is 1. The molecule has 7 rings (SSSR count). The molecule has 18 heteroatoms. The fraction of sp³-hybridized carbons (Fsp3) is 0.447. The number of Topliss-reactive ketones (excluding diaryl/α,β-unsaturated/α-hetero) is 1. The molecule has 1 amide bonds. The summed E-state index contributed by atoms with van der Waals surface area (Å²) in [5, 5.41) is 43.6. The number of esters is 4. The quantitative estimate of drug-likeness (QED) is 0.0509. The lowest BCUT2D eigenvalue weighted by Gasteiger charge is -2.67. The fourth-order valence-corrected chi connectivity index (χ4v) is 10.2. The van der Waals surface area contributed by atoms with Gasteiger partial charge in [0, 0.05) is 48.3 Å². The van der Waals surface area contributed by atoms with E-state index in [-0.39, 0.29) is 46.6 Å². The molecule has 18 nitrogen and oxygen atoms in total. The zero-order valence-corrected chi connectivity index (χ0v) is 36.3. The first-order chi connectivity index (χ1) is 31.5. The van der Waals surface area contributed by atoms with Gasteiger partial charge in [-0.2, -0.15) is 0 Å². The van der Waals surface area contributed by atoms with E-state index in [0.717, 1.165) is 26.0 Å². The molecule has 0 radical (unpaired) electrons. The van der Waals surface area contributed by atoms with Gasteiger partial charge >= 0.3 is 23.9 Å². The van der Waals surface area contributed by atoms with Crippen LogP contribution < -0.4 is 5.32 Å². The van der Waals surface area contributed by atoms with E-state index in [9.17, 15) is 39.3 Å². The number of hydrogen-bond donors (Lipinski definition) is 4. The zero-order chi connectivity index (χ0) is 49.0. The number of ether oxygens (including phenoxy) is 5. The molecule has 0 aromatic heterocycles. The highest BCUT2D eigenvalue weighted by Gasteiger charge is 2.78. The molecule has 3 aliphatic carbocycles. The number of fused-ring (bicyclic) bond motifs is 5. The number of amides is 1. The van der Waals surface area contributed by atoms with Crippen molar-refractivity contribution < 1.29 is 70.5 Å². The Labute approximate surface area is 376 Å². The maximum absolute atomic E-state index is 15.5. The minimum absolute atomic E-state index is 0.0310. The molecular formula is C47H50N4O14. The molecule has 3 fully saturated rings. The number of hydrogen-bond acceptors (Lipinski definition) is 15. The van der Waals surface area contributed by atoms with Crippen molar-refractivity contribution >= 4 is 41.3 Å². The second-order valence-electron chi connectivity index (χ2n) is 17.6. The van der Waals surface area contributed by atoms with Crippen LogP contribution in [0.1, 0.15) is 89.4 Å². The lowest BCUT2D eigenvalue weighted by atomic mass is 9.44. The van der Waals surface area contributed by atoms with Gasteiger partial charge < -0.3 is 44.3 Å². The number of carbonyl (C=O) groups excluding carboxylic acids is 6. The molecule has 1 aliphatic heterocycles. The summed E-state index contributed by atoms with van der Waals surface area (Å²) in [7, 11) is 0. The predicted octanol–water partition coefficient (Wildman–Crippen LogP) is 4.68. The fourth-order valence-electron chi connectivity index (χ4n) is 10.2. The number of aliphatic hydroxyl groups excluding tert-OH is 2. The van der Waals surface area contributed by atoms with E-state index < -0.39 is 125 Å². The monoisotopic (exact) mass is 898 g/mol. The van der Waals surface area contributed by atoms with Crippen molar-refractivity contribution in [2.45, 2.75) is 108 Å². The molecule has 4 N–H and O–H groups in total. The van der Waals surface area contributed by atoms with Crippen LogP contribution in [-0.4, -0.2) is 105 Å². The van der Waals surface area contributed by atoms with Gasteiger partial charge in [0.2, 0.25) is 0 Å². The number of ketones is 1. The van der Waals surface area contributed by atoms with Crippen LogP contribution in [0.2, 0.25) is 0 Å². The Morgan fingerprint density at radius 3 is 2.14 bits per heavy atom. The summed E-state index contributed by atoms with van der Waals surface area (Å²) in [6, 6.07) is 15.2. The Morgan fingerprint density at radius 1 is 0.938 bits per heavy atom. The first-order valence-electron chi connectivity index (χ1n) is 21.8. The van der Waals surface area contributed by atoms with Crippen molar-refractivity contribution in [1.82, 2.24) is 5.32 Å². The van der Waals surface area contributed by atoms with E-state index in [1.54, 1.807) is 36.4 Å². The van der Waals surface area contributed by atoms with E-state index in [0.29, 0.717) is 0 Å². The van der Waals surface area contributed by atoms with Crippen molar-refractivity contribution in [3.05, 3.63) is 123 Å². The highest BCUT2D eigenvalue weighted by molar-refractivity contribution is 5.96. The van der Waals surface area contributed by atoms with Crippen LogP contribution in [0.5, 0.6) is 0 Å². The van der Waals surface area contributed by atoms with Crippen LogP contribution in [0.4, 0.5) is 5.69 Å². The van der Waals surface area contributed by atoms with Crippen molar-refractivity contribution in [2.24, 2.45) is 21.9 Å². The molecule has 1 saturated heterocycles. The molecule has 0 unspecified atom stereocenters. The molecular weight excluding hydrogens is 845 g/mol. The summed E-state index contributed by atoms with van der Waals surface area (Å²) in [6.45, 7) is 7.70. The predicted molar refractivity (Wildman–Crippen MR) is 226 cm³/mol. The lowest BCUT2D eigenvalue weighted by molar-refractivity contribution is -0.346. The Kier molecular flexibility index (Phi) is 11.8. The van der Waals surface area contributed by atoms with E-state index in [1.807, 2.05) is 0 Å². The van der Waals surface area contributed by atoms with E-state index >= 15 is 4.79 Å². The minimum Gasteiger partial charge on any atom is -0.456 e. The average molecular weight is 899 g/mol. The molecule has 4 aliphatic rings. The van der Waals surface area contributed by atoms with Gasteiger partial charge in [0.05, 0.1) is 38.4 Å². The lowest BCUT2D eigenvalue weighted by Crippen LogP contribution is -2.82. The standard InChI is InChI=1S/C47H50N4O14/c1-24-31(63-43(59)36(55)35(27-13-9-7-10-14-27)49-41(57)28-17-19-30(20-18-28)50-51-48)22-47(60)40(64-42(58)29-15-11-8-12-16-29)38-45(6,32(54)21-33-46(38,23-61-33)65-26(3)53)39(56)37(62-25(2)52)34(24)44(47,4)5/h7-20,31-33,35-38,40,54-55,60H,21-23H2,1-6H3,(H,49,57)/t31-,32-,33+,35-,36+,37+,38-,40-,45+,46-,47+/m0/s1/i19T,20T. The number of nitrogens with zero attached hydrogens (tertiary/aromatic N) is 3. The smallest absolute Gasteiger partial charge is 0.338 e. The summed E-state index contributed by atoms with van der Waals surface area (Å²) in [5.74, 6) is -7.53. The third-order valence-electron chi connectivity index (χ3n) is 13.6. The number of rotatable bonds is 11. The second kappa shape index (κ2) is 17.5. The van der Waals surface area contributed by atoms with Gasteiger partial charge in [0.15, 0.2) is 23.6 Å². The van der Waals surface area contributed by atoms with Crippen LogP contribution in [0.25, 0.3) is 10.4 Å². The number of azide groups is 1. The number of aliphatic hydroxyl groups is 3. The summed E-state index contributed by atoms with van der Waals surface area (Å²) in [6.07, 6.45) is -11.1. The van der Waals surface area contributed by atoms with Crippen LogP contribution >= 0.6 is 0 Å². The Hall–Kier alpha value is -6.43. The second-order valence-corrected chi connectivity index (χ2v) is 17.6. The van der Waals surface area contributed by atoms with Crippen molar-refractivity contribution in [2.75, 3.05) is 6.61 Å². The maximum atomic E-state index is 15.5. The summed E-state index contributed by atoms with van der Waals surface area (Å²) < 4.78 is 46.6. The van der Waals surface area contributed by atoms with Crippen molar-refractivity contribution in [3.63, 3.8) is 0 Å². The van der Waals surface area contributed by atoms with Gasteiger partial charge in [-0.15, -0.1) is 0 Å². The normalized spacial score (nSPS) is 31.2. The highest BCUT2D eigenvalue weighted by atomic mass is 16.6. The molecule has 3 aromatic carbocycles. The van der Waals surface area contributed by atoms with Crippen molar-refractivity contribution in [1.29, 1.82) is 0 Å². The average Bonchev–Trinajstić information content (AvgIpc) is 3.27. The van der Waals surface area contributed by atoms with Gasteiger partial charge in [-0.1, -0.05) is 79.6 Å². The maximum Gasteiger partial charge on any atom is 0.338 e. The van der Waals surface area contributed by atoms with Crippen LogP contribution in [0.15, 0.2) is 101 Å². The zero-order valence-electron chi connectivity index (χ0n) is 38.3. The first-order valence-corrected chi connectivity index (χ1v) is 20.8. The Balaban J connectivity index is 1.36. The molecule has 11 atom stereocenters. The molecule has 65 heavy (non-hydrogen) atoms. The summed E-state index contributed by atoms with van der Waals surface area (Å²) >= 11 is 0. The van der Waals surface area contributed by atoms with Crippen LogP contribution in [0, 0.1) is 16.7 Å². The van der Waals surface area contributed by atoms with Gasteiger partial charge in [-0.25, -0.2) is 9.59 Å². The molecule has 2 saturated carbocycles. The number of benzene rings is 3. The van der Waals surface area contributed by atoms with Crippen LogP contribution in [-0.2, 0) is 42.9 Å². The van der Waals surface area contributed by atoms with E-state index in [4.69, 9.17) is 32.0 Å². The highest BCUT2D eigenvalue weighted by Crippen LogP contribution is 2.64. The van der Waals surface area contributed by atoms with E-state index in [2.05, 4.69) is 15.3 Å². The first kappa shape index (κ1) is 43.8. The Morgan fingerprint density at radius 2 is 1.57 bits per heavy atom.